The molecule has 1 aromatic carbocycles. The summed E-state index contributed by atoms with van der Waals surface area (Å²) in [5.74, 6) is -4.30. The molecule has 0 saturated carbocycles. The Morgan fingerprint density at radius 3 is 2.57 bits per heavy atom. The van der Waals surface area contributed by atoms with Gasteiger partial charge in [-0.25, -0.2) is 4.79 Å². The first-order chi connectivity index (χ1) is 13.1. The number of Topliss-reactive ketones (excluding diaryl/α,β-unsaturated/α-hetero) is 1. The van der Waals surface area contributed by atoms with Crippen LogP contribution in [0.1, 0.15) is 39.0 Å². The maximum absolute atomic E-state index is 12.8. The number of aromatic nitrogens is 1. The molecule has 0 spiro atoms. The Kier molecular flexibility index (Phi) is 7.20. The van der Waals surface area contributed by atoms with E-state index in [1.165, 1.54) is 32.2 Å². The van der Waals surface area contributed by atoms with Gasteiger partial charge in [-0.1, -0.05) is 29.4 Å². The summed E-state index contributed by atoms with van der Waals surface area (Å²) < 4.78 is 30.3. The maximum atomic E-state index is 12.8. The van der Waals surface area contributed by atoms with Crippen molar-refractivity contribution >= 4 is 46.7 Å². The summed E-state index contributed by atoms with van der Waals surface area (Å²) in [6.07, 6.45) is -0.302. The number of ketones is 1. The minimum atomic E-state index is -2.72. The molecule has 28 heavy (non-hydrogen) atoms. The number of halogens is 3. The van der Waals surface area contributed by atoms with Crippen LogP contribution in [0.25, 0.3) is 0 Å². The normalized spacial score (nSPS) is 10.8. The highest BCUT2D eigenvalue weighted by molar-refractivity contribution is 7.99. The number of benzene rings is 1. The third-order valence-corrected chi connectivity index (χ3v) is 5.14. The molecule has 6 nitrogen and oxygen atoms in total. The molecule has 0 aliphatic carbocycles. The lowest BCUT2D eigenvalue weighted by Gasteiger charge is -2.12. The standard InChI is InChI=1S/C18H17ClF2N2O4S/c1-8-14(17(26)27-3)12(23-15(8)9(2)24)7-13(25)22-11-6-4-5-10(19)16(11)28-18(20)21/h4-6,18,23H,7H2,1-3H3,(H,22,25). The summed E-state index contributed by atoms with van der Waals surface area (Å²) in [6.45, 7) is 2.89. The van der Waals surface area contributed by atoms with Gasteiger partial charge in [-0.05, 0) is 24.6 Å². The number of carbonyl (C=O) groups is 3. The van der Waals surface area contributed by atoms with Gasteiger partial charge in [0.05, 0.1) is 40.4 Å². The van der Waals surface area contributed by atoms with Gasteiger partial charge < -0.3 is 15.0 Å². The topological polar surface area (TPSA) is 88.3 Å². The second kappa shape index (κ2) is 9.20. The van der Waals surface area contributed by atoms with Gasteiger partial charge in [-0.15, -0.1) is 0 Å². The number of hydrogen-bond donors (Lipinski definition) is 2. The predicted molar refractivity (Wildman–Crippen MR) is 103 cm³/mol. The number of hydrogen-bond acceptors (Lipinski definition) is 5. The summed E-state index contributed by atoms with van der Waals surface area (Å²) >= 11 is 6.17. The third kappa shape index (κ3) is 4.90. The Labute approximate surface area is 169 Å². The lowest BCUT2D eigenvalue weighted by molar-refractivity contribution is -0.115. The number of esters is 1. The summed E-state index contributed by atoms with van der Waals surface area (Å²) in [5.41, 5.74) is 0.976. The smallest absolute Gasteiger partial charge is 0.339 e. The molecule has 2 N–H and O–H groups in total. The minimum Gasteiger partial charge on any atom is -0.465 e. The number of carbonyl (C=O) groups excluding carboxylic acids is 3. The van der Waals surface area contributed by atoms with Crippen molar-refractivity contribution in [3.8, 4) is 0 Å². The molecule has 0 atom stereocenters. The molecule has 2 aromatic rings. The summed E-state index contributed by atoms with van der Waals surface area (Å²) in [5, 5.41) is 2.59. The number of methoxy groups -OCH3 is 1. The molecular weight excluding hydrogens is 414 g/mol. The van der Waals surface area contributed by atoms with Crippen molar-refractivity contribution in [3.63, 3.8) is 0 Å². The van der Waals surface area contributed by atoms with Crippen molar-refractivity contribution in [1.82, 2.24) is 4.98 Å². The van der Waals surface area contributed by atoms with Crippen molar-refractivity contribution < 1.29 is 27.9 Å². The molecule has 1 heterocycles. The second-order valence-electron chi connectivity index (χ2n) is 5.75. The Hall–Kier alpha value is -2.39. The average molecular weight is 431 g/mol. The first kappa shape index (κ1) is 21.9. The molecule has 0 saturated heterocycles. The average Bonchev–Trinajstić information content (AvgIpc) is 2.93. The van der Waals surface area contributed by atoms with Crippen molar-refractivity contribution in [2.24, 2.45) is 0 Å². The molecule has 10 heteroatoms. The first-order valence-corrected chi connectivity index (χ1v) is 9.25. The molecule has 1 amide bonds. The number of rotatable bonds is 7. The van der Waals surface area contributed by atoms with Crippen molar-refractivity contribution in [1.29, 1.82) is 0 Å². The van der Waals surface area contributed by atoms with E-state index < -0.39 is 17.6 Å². The summed E-state index contributed by atoms with van der Waals surface area (Å²) in [6, 6.07) is 4.39. The summed E-state index contributed by atoms with van der Waals surface area (Å²) in [7, 11) is 1.19. The zero-order chi connectivity index (χ0) is 21.0. The van der Waals surface area contributed by atoms with Crippen LogP contribution in [0.5, 0.6) is 0 Å². The van der Waals surface area contributed by atoms with Crippen LogP contribution >= 0.6 is 23.4 Å². The van der Waals surface area contributed by atoms with E-state index in [1.807, 2.05) is 0 Å². The molecule has 0 radical (unpaired) electrons. The van der Waals surface area contributed by atoms with E-state index >= 15 is 0 Å². The lowest BCUT2D eigenvalue weighted by atomic mass is 10.1. The fourth-order valence-corrected chi connectivity index (χ4v) is 3.61. The second-order valence-corrected chi connectivity index (χ2v) is 7.15. The van der Waals surface area contributed by atoms with Gasteiger partial charge in [0.1, 0.15) is 0 Å². The molecule has 2 rings (SSSR count). The van der Waals surface area contributed by atoms with Crippen LogP contribution in [0.3, 0.4) is 0 Å². The van der Waals surface area contributed by atoms with E-state index in [4.69, 9.17) is 16.3 Å². The van der Waals surface area contributed by atoms with E-state index in [0.717, 1.165) is 0 Å². The molecule has 0 fully saturated rings. The SMILES string of the molecule is COC(=O)c1c(CC(=O)Nc2cccc(Cl)c2SC(F)F)[nH]c(C(C)=O)c1C. The Morgan fingerprint density at radius 2 is 2.00 bits per heavy atom. The molecule has 150 valence electrons. The number of alkyl halides is 2. The fourth-order valence-electron chi connectivity index (χ4n) is 2.69. The van der Waals surface area contributed by atoms with Gasteiger partial charge in [-0.2, -0.15) is 8.78 Å². The zero-order valence-corrected chi connectivity index (χ0v) is 16.8. The van der Waals surface area contributed by atoms with Gasteiger partial charge in [-0.3, -0.25) is 9.59 Å². The van der Waals surface area contributed by atoms with Gasteiger partial charge >= 0.3 is 5.97 Å². The van der Waals surface area contributed by atoms with E-state index in [1.54, 1.807) is 6.92 Å². The quantitative estimate of drug-likeness (QED) is 0.384. The number of aromatic amines is 1. The summed E-state index contributed by atoms with van der Waals surface area (Å²) in [4.78, 5) is 39.1. The maximum Gasteiger partial charge on any atom is 0.339 e. The lowest BCUT2D eigenvalue weighted by Crippen LogP contribution is -2.17. The van der Waals surface area contributed by atoms with Crippen molar-refractivity contribution in [3.05, 3.63) is 45.7 Å². The Morgan fingerprint density at radius 1 is 1.32 bits per heavy atom. The van der Waals surface area contributed by atoms with Gasteiger partial charge in [0.15, 0.2) is 5.78 Å². The van der Waals surface area contributed by atoms with E-state index in [2.05, 4.69) is 10.3 Å². The molecule has 1 aromatic heterocycles. The highest BCUT2D eigenvalue weighted by Crippen LogP contribution is 2.37. The number of H-pyrrole nitrogens is 1. The molecular formula is C18H17ClF2N2O4S. The number of amides is 1. The third-order valence-electron chi connectivity index (χ3n) is 3.85. The van der Waals surface area contributed by atoms with Gasteiger partial charge in [0, 0.05) is 12.6 Å². The molecule has 0 aliphatic rings. The molecule has 0 aliphatic heterocycles. The number of ether oxygens (including phenoxy) is 1. The monoisotopic (exact) mass is 430 g/mol. The van der Waals surface area contributed by atoms with Gasteiger partial charge in [0.25, 0.3) is 5.76 Å². The Bertz CT molecular complexity index is 931. The van der Waals surface area contributed by atoms with Crippen LogP contribution in [0.4, 0.5) is 14.5 Å². The van der Waals surface area contributed by atoms with E-state index in [0.29, 0.717) is 5.56 Å². The largest absolute Gasteiger partial charge is 0.465 e. The predicted octanol–water partition coefficient (Wildman–Crippen LogP) is 4.46. The first-order valence-electron chi connectivity index (χ1n) is 7.99. The van der Waals surface area contributed by atoms with Crippen molar-refractivity contribution in [2.45, 2.75) is 30.9 Å². The zero-order valence-electron chi connectivity index (χ0n) is 15.2. The van der Waals surface area contributed by atoms with Crippen LogP contribution in [-0.4, -0.2) is 35.5 Å². The molecule has 0 unspecified atom stereocenters. The van der Waals surface area contributed by atoms with Crippen LogP contribution in [0, 0.1) is 6.92 Å². The van der Waals surface area contributed by atoms with Crippen LogP contribution < -0.4 is 5.32 Å². The van der Waals surface area contributed by atoms with Crippen molar-refractivity contribution in [2.75, 3.05) is 12.4 Å². The number of anilines is 1. The minimum absolute atomic E-state index is 0.0350. The van der Waals surface area contributed by atoms with Gasteiger partial charge in [0.2, 0.25) is 5.91 Å². The van der Waals surface area contributed by atoms with Crippen LogP contribution in [0.15, 0.2) is 23.1 Å². The van der Waals surface area contributed by atoms with Crippen LogP contribution in [-0.2, 0) is 16.0 Å². The fraction of sp³-hybridized carbons (Fsp3) is 0.278. The molecule has 0 bridgehead atoms. The number of nitrogens with one attached hydrogen (secondary N) is 2. The number of thioether (sulfide) groups is 1. The van der Waals surface area contributed by atoms with E-state index in [-0.39, 0.29) is 56.5 Å². The highest BCUT2D eigenvalue weighted by atomic mass is 35.5. The highest BCUT2D eigenvalue weighted by Gasteiger charge is 2.25. The Balaban J connectivity index is 2.32. The van der Waals surface area contributed by atoms with Crippen LogP contribution in [0.2, 0.25) is 5.02 Å². The van der Waals surface area contributed by atoms with E-state index in [9.17, 15) is 23.2 Å².